The van der Waals surface area contributed by atoms with Crippen molar-refractivity contribution in [2.24, 2.45) is 47.3 Å². The van der Waals surface area contributed by atoms with E-state index in [2.05, 4.69) is 121 Å². The molecule has 0 aromatic heterocycles. The highest BCUT2D eigenvalue weighted by atomic mass is 16.7. The predicted molar refractivity (Wildman–Crippen MR) is 423 cm³/mol. The molecule has 107 heavy (non-hydrogen) atoms. The van der Waals surface area contributed by atoms with Crippen molar-refractivity contribution in [2.45, 2.75) is 291 Å². The Morgan fingerprint density at radius 2 is 1.09 bits per heavy atom. The minimum atomic E-state index is -0.588. The molecule has 0 N–H and O–H groups in total. The zero-order valence-corrected chi connectivity index (χ0v) is 68.8. The van der Waals surface area contributed by atoms with Crippen molar-refractivity contribution in [2.75, 3.05) is 13.2 Å². The molecular weight excluding hydrogens is 1340 g/mol. The van der Waals surface area contributed by atoms with Crippen molar-refractivity contribution in [1.82, 2.24) is 0 Å². The maximum Gasteiger partial charge on any atom is 0.308 e. The van der Waals surface area contributed by atoms with Crippen molar-refractivity contribution in [3.63, 3.8) is 0 Å². The maximum atomic E-state index is 12.8. The standard InChI is InChI=1S/C26H36O6.C24H32O5.C22H30O2.C20H28O2/c1-15(2)9-8-10-21(14-30-18(5)27)22-12-11-16(3)24-23(22)13-17(4)25(31-19(6)28)26(24)32-20(7)29;1-13(2)8-7-9-19-18-11-10-14(3)21-20(27-16(5)25)12-15(4)23(22(18)21)29-24(19)28-17(6)26;1-13(2)8-6-7-9-17-12-24-22-16(5)15(4)21(23)19-14(3)10-11-18(17)20(19)22;1-12(2)7-6-8-13(3)16-10-9-14(4)18-17(21)11-15(5)20(22)19(16)18/h9,13,16,21-22H,8,10-12,14H2,1-7H3;8,12,14,18-19,24H,7,9-11H2,1-6H3;8,14,17-18H,4,6-7,9-12H2,1-3,5H3;7,11,13-14,16H,6,8-10H2,1-5H3/t16-,21-,22?;14-,18+,19+,24?;14-,17-,18+;13-,14+,16-/m1110/s1. The van der Waals surface area contributed by atoms with Crippen LogP contribution in [0.15, 0.2) is 116 Å². The van der Waals surface area contributed by atoms with E-state index >= 15 is 0 Å². The first kappa shape index (κ1) is 86.3. The maximum absolute atomic E-state index is 12.8. The largest absolute Gasteiger partial charge is 0.493 e. The minimum absolute atomic E-state index is 0.0697. The van der Waals surface area contributed by atoms with Crippen LogP contribution in [0.3, 0.4) is 0 Å². The second-order valence-electron chi connectivity index (χ2n) is 32.9. The third-order valence-corrected chi connectivity index (χ3v) is 23.0. The van der Waals surface area contributed by atoms with E-state index in [0.717, 1.165) is 164 Å². The smallest absolute Gasteiger partial charge is 0.308 e. The van der Waals surface area contributed by atoms with Gasteiger partial charge in [0.25, 0.3) is 0 Å². The molecular formula is C92H126O15. The average Bonchev–Trinajstić information content (AvgIpc) is 0.744. The zero-order chi connectivity index (χ0) is 79.2. The molecule has 2 heterocycles. The number of esters is 5. The number of ether oxygens (including phenoxy) is 7. The van der Waals surface area contributed by atoms with Crippen LogP contribution in [0, 0.1) is 61.2 Å². The molecule has 2 aromatic carbocycles. The highest BCUT2D eigenvalue weighted by Crippen LogP contribution is 2.57. The Balaban J connectivity index is 0.000000201. The summed E-state index contributed by atoms with van der Waals surface area (Å²) in [6.07, 6.45) is 27.4. The van der Waals surface area contributed by atoms with Crippen LogP contribution in [0.25, 0.3) is 0 Å². The number of unbranched alkanes of at least 4 members (excludes halogenated alkanes) is 1. The molecule has 1 fully saturated rings. The number of fused-ring (bicyclic) bond motifs is 1. The van der Waals surface area contributed by atoms with E-state index < -0.39 is 18.2 Å². The number of benzene rings is 2. The van der Waals surface area contributed by atoms with Crippen molar-refractivity contribution in [1.29, 1.82) is 0 Å². The summed E-state index contributed by atoms with van der Waals surface area (Å²) in [5, 5.41) is 0. The van der Waals surface area contributed by atoms with Gasteiger partial charge in [0.15, 0.2) is 28.8 Å². The van der Waals surface area contributed by atoms with Crippen molar-refractivity contribution in [3.8, 4) is 23.0 Å². The van der Waals surface area contributed by atoms with Gasteiger partial charge in [0.1, 0.15) is 17.3 Å². The lowest BCUT2D eigenvalue weighted by atomic mass is 9.65. The summed E-state index contributed by atoms with van der Waals surface area (Å²) in [7, 11) is 0. The van der Waals surface area contributed by atoms with Crippen LogP contribution >= 0.6 is 0 Å². The van der Waals surface area contributed by atoms with Crippen molar-refractivity contribution < 1.29 is 71.5 Å². The van der Waals surface area contributed by atoms with Crippen molar-refractivity contribution in [3.05, 3.63) is 150 Å². The van der Waals surface area contributed by atoms with Crippen LogP contribution in [0.1, 0.15) is 305 Å². The molecule has 0 bridgehead atoms. The van der Waals surface area contributed by atoms with Gasteiger partial charge in [0.2, 0.25) is 6.29 Å². The Hall–Kier alpha value is -7.94. The number of rotatable bonds is 21. The van der Waals surface area contributed by atoms with Gasteiger partial charge >= 0.3 is 29.8 Å². The van der Waals surface area contributed by atoms with E-state index in [9.17, 15) is 38.4 Å². The molecule has 10 rings (SSSR count). The third-order valence-electron chi connectivity index (χ3n) is 23.0. The van der Waals surface area contributed by atoms with E-state index in [1.165, 1.54) is 87.8 Å². The fourth-order valence-electron chi connectivity index (χ4n) is 17.7. The Morgan fingerprint density at radius 3 is 1.71 bits per heavy atom. The van der Waals surface area contributed by atoms with Gasteiger partial charge < -0.3 is 33.2 Å². The number of carbonyl (C=O) groups is 8. The highest BCUT2D eigenvalue weighted by molar-refractivity contribution is 6.23. The number of Topliss-reactive ketones (excluding diaryl/α,β-unsaturated/α-hetero) is 2. The summed E-state index contributed by atoms with van der Waals surface area (Å²) in [6.45, 7) is 47.3. The zero-order valence-electron chi connectivity index (χ0n) is 68.8. The molecule has 0 amide bonds. The monoisotopic (exact) mass is 1470 g/mol. The van der Waals surface area contributed by atoms with Gasteiger partial charge in [-0.2, -0.15) is 0 Å². The predicted octanol–water partition coefficient (Wildman–Crippen LogP) is 21.6. The van der Waals surface area contributed by atoms with E-state index in [1.54, 1.807) is 6.92 Å². The number of aryl methyl sites for hydroxylation is 2. The number of hydrogen-bond acceptors (Lipinski definition) is 15. The highest BCUT2D eigenvalue weighted by Gasteiger charge is 2.48. The first-order valence-electron chi connectivity index (χ1n) is 39.7. The molecule has 0 radical (unpaired) electrons. The second-order valence-corrected chi connectivity index (χ2v) is 32.9. The van der Waals surface area contributed by atoms with Crippen molar-refractivity contribution >= 4 is 47.2 Å². The molecule has 1 saturated heterocycles. The molecule has 0 saturated carbocycles. The van der Waals surface area contributed by atoms with E-state index in [0.29, 0.717) is 58.7 Å². The fourth-order valence-corrected chi connectivity index (χ4v) is 17.7. The number of hydrogen-bond donors (Lipinski definition) is 0. The molecule has 2 aliphatic heterocycles. The molecule has 13 atom stereocenters. The Bertz CT molecular complexity index is 3960. The van der Waals surface area contributed by atoms with Gasteiger partial charge in [0.05, 0.1) is 13.2 Å². The van der Waals surface area contributed by atoms with Crippen LogP contribution in [0.2, 0.25) is 0 Å². The normalized spacial score (nSPS) is 24.2. The first-order valence-corrected chi connectivity index (χ1v) is 39.7. The average molecular weight is 1470 g/mol. The van der Waals surface area contributed by atoms with Gasteiger partial charge in [-0.15, -0.1) is 0 Å². The lowest BCUT2D eigenvalue weighted by Gasteiger charge is -2.44. The number of allylic oxidation sites excluding steroid dienone is 16. The molecule has 0 spiro atoms. The molecule has 2 unspecified atom stereocenters. The molecule has 584 valence electrons. The topological polar surface area (TPSA) is 201 Å². The lowest BCUT2D eigenvalue weighted by Crippen LogP contribution is -2.41. The summed E-state index contributed by atoms with van der Waals surface area (Å²) in [5.41, 5.74) is 17.2. The molecule has 6 aliphatic carbocycles. The summed E-state index contributed by atoms with van der Waals surface area (Å²) < 4.78 is 40.2. The summed E-state index contributed by atoms with van der Waals surface area (Å²) in [6, 6.07) is 3.92. The summed E-state index contributed by atoms with van der Waals surface area (Å²) in [5.74, 6) is 4.81. The van der Waals surface area contributed by atoms with Gasteiger partial charge in [-0.3, -0.25) is 38.4 Å². The van der Waals surface area contributed by atoms with Crippen LogP contribution in [-0.2, 0) is 52.6 Å². The van der Waals surface area contributed by atoms with Crippen LogP contribution in [0.4, 0.5) is 0 Å². The quantitative estimate of drug-likeness (QED) is 0.0285. The van der Waals surface area contributed by atoms with Crippen LogP contribution in [0.5, 0.6) is 23.0 Å². The van der Waals surface area contributed by atoms with Gasteiger partial charge in [-0.05, 0) is 274 Å². The Labute approximate surface area is 640 Å². The summed E-state index contributed by atoms with van der Waals surface area (Å²) >= 11 is 0. The Morgan fingerprint density at radius 1 is 0.542 bits per heavy atom. The van der Waals surface area contributed by atoms with Gasteiger partial charge in [-0.25, -0.2) is 0 Å². The van der Waals surface area contributed by atoms with Crippen LogP contribution < -0.4 is 18.9 Å². The van der Waals surface area contributed by atoms with Crippen LogP contribution in [-0.4, -0.2) is 66.7 Å². The lowest BCUT2D eigenvalue weighted by molar-refractivity contribution is -0.174. The SMILES string of the molecule is C=C1C(=O)C2=C3C(=C1C)OC[C@@H](CCCC=C(C)C)[C@@H]3CC[C@H]2C.CC(=O)OC[C@@H](CCC=C(C)C)C1CC[C@@H](C)c2c1cc(C)c(OC(C)=O)c2OC(C)=O.CC(=O)Oc1cc(C)c2c3c1[C@H](C)CC[C@H]3[C@H](CCC=C(C)C)C(OC(C)=O)O2.CC(C)=CCC[C@H](C)[C@@H]1CC[C@@H](C)C2=C1C(=O)C(C)=CC2=O. The fraction of sp³-hybridized carbons (Fsp3) is 0.587. The first-order chi connectivity index (χ1) is 50.4. The van der Waals surface area contributed by atoms with E-state index in [-0.39, 0.29) is 82.6 Å². The number of ketones is 3. The van der Waals surface area contributed by atoms with Gasteiger partial charge in [0, 0.05) is 108 Å². The number of carbonyl (C=O) groups excluding carboxylic acids is 8. The third kappa shape index (κ3) is 21.9. The summed E-state index contributed by atoms with van der Waals surface area (Å²) in [4.78, 5) is 96.5. The molecule has 2 aromatic rings. The molecule has 8 aliphatic rings. The second kappa shape index (κ2) is 38.9. The van der Waals surface area contributed by atoms with E-state index in [1.807, 2.05) is 32.9 Å². The molecule has 15 nitrogen and oxygen atoms in total. The Kier molecular flexibility index (Phi) is 31.4. The minimum Gasteiger partial charge on any atom is -0.493 e. The van der Waals surface area contributed by atoms with E-state index in [4.69, 9.17) is 33.2 Å². The molecule has 15 heteroatoms. The van der Waals surface area contributed by atoms with Gasteiger partial charge in [-0.1, -0.05) is 93.9 Å².